The van der Waals surface area contributed by atoms with Gasteiger partial charge in [-0.05, 0) is 11.3 Å². The Labute approximate surface area is 161 Å². The first kappa shape index (κ1) is 17.6. The molecule has 0 unspecified atom stereocenters. The molecule has 5 rings (SSSR count). The molecule has 0 aromatic carbocycles. The number of anilines is 2. The van der Waals surface area contributed by atoms with Gasteiger partial charge in [0.15, 0.2) is 23.2 Å². The van der Waals surface area contributed by atoms with Crippen LogP contribution in [-0.2, 0) is 4.74 Å². The highest BCUT2D eigenvalue weighted by molar-refractivity contribution is 5.86. The Bertz CT molecular complexity index is 1110. The van der Waals surface area contributed by atoms with Crippen molar-refractivity contribution in [1.82, 2.24) is 45.1 Å². The maximum atomic E-state index is 10.4. The first-order valence-electron chi connectivity index (χ1n) is 8.66. The third-order valence-electron chi connectivity index (χ3n) is 4.62. The quantitative estimate of drug-likeness (QED) is 0.233. The molecule has 0 bridgehead atoms. The number of aliphatic hydroxyl groups excluding tert-OH is 3. The molecular weight excluding hydrogens is 384 g/mol. The van der Waals surface area contributed by atoms with Gasteiger partial charge in [-0.2, -0.15) is 5.21 Å². The minimum absolute atomic E-state index is 0.165. The van der Waals surface area contributed by atoms with Crippen molar-refractivity contribution in [3.05, 3.63) is 24.8 Å². The van der Waals surface area contributed by atoms with Gasteiger partial charge in [-0.1, -0.05) is 0 Å². The van der Waals surface area contributed by atoms with E-state index in [1.54, 1.807) is 12.4 Å². The van der Waals surface area contributed by atoms with E-state index < -0.39 is 31.1 Å². The molecule has 0 aliphatic carbocycles. The summed E-state index contributed by atoms with van der Waals surface area (Å²) in [5.41, 5.74) is 1.45. The van der Waals surface area contributed by atoms with E-state index in [4.69, 9.17) is 4.74 Å². The molecule has 6 N–H and O–H groups in total. The second-order valence-electron chi connectivity index (χ2n) is 6.41. The summed E-state index contributed by atoms with van der Waals surface area (Å²) in [5, 5.41) is 46.6. The van der Waals surface area contributed by atoms with E-state index in [0.717, 1.165) is 5.69 Å². The Morgan fingerprint density at radius 1 is 1.21 bits per heavy atom. The Kier molecular flexibility index (Phi) is 4.17. The van der Waals surface area contributed by atoms with Crippen LogP contribution < -0.4 is 5.32 Å². The van der Waals surface area contributed by atoms with Crippen LogP contribution in [0.15, 0.2) is 24.8 Å². The molecule has 0 spiro atoms. The minimum Gasteiger partial charge on any atom is -0.394 e. The predicted molar refractivity (Wildman–Crippen MR) is 95.6 cm³/mol. The van der Waals surface area contributed by atoms with Gasteiger partial charge in [0, 0.05) is 12.4 Å². The minimum atomic E-state index is -1.28. The normalized spacial score (nSPS) is 24.4. The molecule has 1 aliphatic rings. The molecule has 0 radical (unpaired) electrons. The average Bonchev–Trinajstić information content (AvgIpc) is 3.51. The van der Waals surface area contributed by atoms with Crippen molar-refractivity contribution in [3.63, 3.8) is 0 Å². The Morgan fingerprint density at radius 3 is 2.79 bits per heavy atom. The van der Waals surface area contributed by atoms with E-state index >= 15 is 0 Å². The summed E-state index contributed by atoms with van der Waals surface area (Å²) in [7, 11) is 0. The number of hydrogen-bond donors (Lipinski definition) is 6. The molecule has 1 aliphatic heterocycles. The fraction of sp³-hybridized carbons (Fsp3) is 0.333. The molecule has 4 aromatic rings. The van der Waals surface area contributed by atoms with Crippen LogP contribution in [0, 0.1) is 0 Å². The number of aliphatic hydroxyl groups is 3. The fourth-order valence-electron chi connectivity index (χ4n) is 3.19. The van der Waals surface area contributed by atoms with Gasteiger partial charge in [0.2, 0.25) is 11.6 Å². The molecule has 0 amide bonds. The summed E-state index contributed by atoms with van der Waals surface area (Å²) in [6.45, 7) is -0.440. The van der Waals surface area contributed by atoms with Crippen molar-refractivity contribution < 1.29 is 20.1 Å². The van der Waals surface area contributed by atoms with Crippen LogP contribution >= 0.6 is 0 Å². The third kappa shape index (κ3) is 2.90. The van der Waals surface area contributed by atoms with Gasteiger partial charge in [-0.25, -0.2) is 15.0 Å². The monoisotopic (exact) mass is 400 g/mol. The highest BCUT2D eigenvalue weighted by atomic mass is 16.6. The number of tetrazole rings is 1. The number of hydrogen-bond acceptors (Lipinski definition) is 11. The van der Waals surface area contributed by atoms with E-state index in [1.165, 1.54) is 10.9 Å². The zero-order valence-electron chi connectivity index (χ0n) is 14.7. The Hall–Kier alpha value is -3.46. The molecule has 29 heavy (non-hydrogen) atoms. The lowest BCUT2D eigenvalue weighted by Crippen LogP contribution is -2.33. The molecular formula is C15H16N10O4. The van der Waals surface area contributed by atoms with Crippen LogP contribution in [0.4, 0.5) is 11.5 Å². The molecule has 14 heteroatoms. The van der Waals surface area contributed by atoms with Gasteiger partial charge < -0.3 is 30.4 Å². The van der Waals surface area contributed by atoms with Gasteiger partial charge in [0.05, 0.1) is 18.6 Å². The number of rotatable bonds is 5. The largest absolute Gasteiger partial charge is 0.394 e. The van der Waals surface area contributed by atoms with E-state index in [9.17, 15) is 15.3 Å². The van der Waals surface area contributed by atoms with Crippen molar-refractivity contribution in [2.24, 2.45) is 0 Å². The first-order valence-corrected chi connectivity index (χ1v) is 8.66. The molecule has 4 atom stereocenters. The summed E-state index contributed by atoms with van der Waals surface area (Å²) in [4.78, 5) is 16.2. The van der Waals surface area contributed by atoms with Gasteiger partial charge in [0.1, 0.15) is 18.3 Å². The van der Waals surface area contributed by atoms with Crippen molar-refractivity contribution >= 4 is 22.7 Å². The molecule has 150 valence electrons. The second-order valence-corrected chi connectivity index (χ2v) is 6.41. The van der Waals surface area contributed by atoms with Crippen LogP contribution in [0.3, 0.4) is 0 Å². The maximum absolute atomic E-state index is 10.4. The average molecular weight is 400 g/mol. The van der Waals surface area contributed by atoms with Crippen molar-refractivity contribution in [3.8, 4) is 11.6 Å². The van der Waals surface area contributed by atoms with Crippen LogP contribution in [0.25, 0.3) is 22.8 Å². The molecule has 5 heterocycles. The van der Waals surface area contributed by atoms with E-state index in [1.807, 2.05) is 6.07 Å². The number of nitrogens with zero attached hydrogens (tertiary/aromatic N) is 7. The number of H-pyrrole nitrogens is 2. The SMILES string of the molecule is OC[C@H]1O[C@@H](n2cnc3c(Nc4cc[nH]c4)nc(-c4nn[nH]n4)nc32)[C@@H](O)[C@H]1O. The smallest absolute Gasteiger partial charge is 0.241 e. The second kappa shape index (κ2) is 6.85. The Balaban J connectivity index is 1.64. The predicted octanol–water partition coefficient (Wildman–Crippen LogP) is -1.31. The molecule has 14 nitrogen and oxygen atoms in total. The number of aromatic nitrogens is 9. The zero-order chi connectivity index (χ0) is 20.0. The number of imidazole rings is 1. The van der Waals surface area contributed by atoms with Gasteiger partial charge in [-0.15, -0.1) is 10.2 Å². The fourth-order valence-corrected chi connectivity index (χ4v) is 3.19. The van der Waals surface area contributed by atoms with E-state index in [2.05, 4.69) is 45.9 Å². The van der Waals surface area contributed by atoms with Gasteiger partial charge in [0.25, 0.3) is 0 Å². The Morgan fingerprint density at radius 2 is 2.10 bits per heavy atom. The number of nitrogens with one attached hydrogen (secondary N) is 3. The summed E-state index contributed by atoms with van der Waals surface area (Å²) in [5.74, 6) is 0.704. The van der Waals surface area contributed by atoms with Crippen molar-refractivity contribution in [2.45, 2.75) is 24.5 Å². The molecule has 1 saturated heterocycles. The van der Waals surface area contributed by atoms with E-state index in [-0.39, 0.29) is 11.6 Å². The standard InChI is InChI=1S/C15H16N10O4/c26-4-7-9(27)10(28)15(29-7)25-5-17-8-11(18-6-1-2-16-3-6)19-12(20-14(8)25)13-21-23-24-22-13/h1-3,5,7,9-10,15-16,26-28H,4H2,(H,18,19,20)(H,21,22,23,24)/t7-,9+,10+,15-/m1/s1. The summed E-state index contributed by atoms with van der Waals surface area (Å²) in [6.07, 6.45) is 0.447. The number of ether oxygens (including phenoxy) is 1. The summed E-state index contributed by atoms with van der Waals surface area (Å²) < 4.78 is 7.07. The van der Waals surface area contributed by atoms with Crippen LogP contribution in [-0.4, -0.2) is 85.4 Å². The van der Waals surface area contributed by atoms with Gasteiger partial charge >= 0.3 is 0 Å². The van der Waals surface area contributed by atoms with Crippen LogP contribution in [0.1, 0.15) is 6.23 Å². The van der Waals surface area contributed by atoms with Crippen LogP contribution in [0.5, 0.6) is 0 Å². The summed E-state index contributed by atoms with van der Waals surface area (Å²) >= 11 is 0. The van der Waals surface area contributed by atoms with E-state index in [0.29, 0.717) is 17.0 Å². The lowest BCUT2D eigenvalue weighted by molar-refractivity contribution is -0.0511. The topological polar surface area (TPSA) is 196 Å². The maximum Gasteiger partial charge on any atom is 0.241 e. The lowest BCUT2D eigenvalue weighted by Gasteiger charge is -2.16. The number of fused-ring (bicyclic) bond motifs is 1. The first-order chi connectivity index (χ1) is 14.2. The molecule has 4 aromatic heterocycles. The van der Waals surface area contributed by atoms with Crippen molar-refractivity contribution in [2.75, 3.05) is 11.9 Å². The number of aromatic amines is 2. The highest BCUT2D eigenvalue weighted by Crippen LogP contribution is 2.33. The van der Waals surface area contributed by atoms with Crippen molar-refractivity contribution in [1.29, 1.82) is 0 Å². The molecule has 0 saturated carbocycles. The van der Waals surface area contributed by atoms with Crippen LogP contribution in [0.2, 0.25) is 0 Å². The lowest BCUT2D eigenvalue weighted by atomic mass is 10.1. The zero-order valence-corrected chi connectivity index (χ0v) is 14.7. The summed E-state index contributed by atoms with van der Waals surface area (Å²) in [6, 6.07) is 1.81. The molecule has 1 fully saturated rings. The highest BCUT2D eigenvalue weighted by Gasteiger charge is 2.44. The third-order valence-corrected chi connectivity index (χ3v) is 4.62. The van der Waals surface area contributed by atoms with Gasteiger partial charge in [-0.3, -0.25) is 4.57 Å².